The molecular formula is C22H26N4O5. The molecule has 1 spiro atoms. The number of hydrogen-bond acceptors (Lipinski definition) is 5. The van der Waals surface area contributed by atoms with Crippen LogP contribution in [-0.2, 0) is 16.1 Å². The maximum atomic E-state index is 12.8. The van der Waals surface area contributed by atoms with Crippen LogP contribution in [0.4, 0.5) is 0 Å². The van der Waals surface area contributed by atoms with Gasteiger partial charge in [0.25, 0.3) is 5.56 Å². The lowest BCUT2D eigenvalue weighted by Crippen LogP contribution is -2.46. The summed E-state index contributed by atoms with van der Waals surface area (Å²) >= 11 is 0. The van der Waals surface area contributed by atoms with E-state index in [4.69, 9.17) is 4.74 Å². The number of hydrogen-bond donors (Lipinski definition) is 2. The Balaban J connectivity index is 1.56. The molecule has 31 heavy (non-hydrogen) atoms. The second kappa shape index (κ2) is 8.41. The highest BCUT2D eigenvalue weighted by Crippen LogP contribution is 2.44. The SMILES string of the molecule is CCN1CCC2(CCC1=O)CC(NC(=O)Cn1ccc(=O)[nH]c1=O)c1ccccc1O2. The normalized spacial score (nSPS) is 23.1. The molecule has 4 rings (SSSR count). The van der Waals surface area contributed by atoms with E-state index in [0.717, 1.165) is 10.1 Å². The van der Waals surface area contributed by atoms with Crippen molar-refractivity contribution >= 4 is 11.8 Å². The first-order valence-corrected chi connectivity index (χ1v) is 10.5. The van der Waals surface area contributed by atoms with Gasteiger partial charge >= 0.3 is 5.69 Å². The number of carbonyl (C=O) groups excluding carboxylic acids is 2. The average Bonchev–Trinajstić information content (AvgIpc) is 2.89. The Morgan fingerprint density at radius 1 is 1.23 bits per heavy atom. The van der Waals surface area contributed by atoms with Crippen molar-refractivity contribution in [3.8, 4) is 5.75 Å². The molecule has 9 nitrogen and oxygen atoms in total. The van der Waals surface area contributed by atoms with E-state index >= 15 is 0 Å². The fraction of sp³-hybridized carbons (Fsp3) is 0.455. The van der Waals surface area contributed by atoms with E-state index in [1.807, 2.05) is 36.1 Å². The number of ether oxygens (including phenoxy) is 1. The molecule has 1 saturated heterocycles. The number of aromatic nitrogens is 2. The number of nitrogens with zero attached hydrogens (tertiary/aromatic N) is 2. The molecule has 1 aromatic carbocycles. The number of fused-ring (bicyclic) bond motifs is 1. The summed E-state index contributed by atoms with van der Waals surface area (Å²) in [5.74, 6) is 0.489. The number of H-pyrrole nitrogens is 1. The van der Waals surface area contributed by atoms with Crippen molar-refractivity contribution in [3.05, 3.63) is 62.9 Å². The van der Waals surface area contributed by atoms with Gasteiger partial charge in [-0.05, 0) is 19.4 Å². The highest BCUT2D eigenvalue weighted by atomic mass is 16.5. The minimum absolute atomic E-state index is 0.125. The predicted molar refractivity (Wildman–Crippen MR) is 113 cm³/mol. The van der Waals surface area contributed by atoms with Crippen LogP contribution in [0.5, 0.6) is 5.75 Å². The molecule has 2 N–H and O–H groups in total. The molecule has 2 amide bonds. The zero-order valence-corrected chi connectivity index (χ0v) is 17.4. The van der Waals surface area contributed by atoms with Gasteiger partial charge in [-0.25, -0.2) is 4.79 Å². The van der Waals surface area contributed by atoms with Gasteiger partial charge < -0.3 is 15.0 Å². The Morgan fingerprint density at radius 3 is 2.81 bits per heavy atom. The van der Waals surface area contributed by atoms with Crippen LogP contribution < -0.4 is 21.3 Å². The standard InChI is InChI=1S/C22H26N4O5/c1-2-25-12-10-22(9-7-20(25)29)13-16(15-5-3-4-6-17(15)31-22)23-19(28)14-26-11-8-18(27)24-21(26)30/h3-6,8,11,16H,2,7,9-10,12-14H2,1H3,(H,23,28)(H,24,27,30). The average molecular weight is 426 g/mol. The van der Waals surface area contributed by atoms with Crippen LogP contribution >= 0.6 is 0 Å². The van der Waals surface area contributed by atoms with Gasteiger partial charge in [0.05, 0.1) is 6.04 Å². The first-order valence-electron chi connectivity index (χ1n) is 10.5. The molecule has 0 bridgehead atoms. The van der Waals surface area contributed by atoms with Crippen LogP contribution in [0, 0.1) is 0 Å². The van der Waals surface area contributed by atoms with Gasteiger partial charge in [-0.2, -0.15) is 0 Å². The quantitative estimate of drug-likeness (QED) is 0.756. The Labute approximate surface area is 179 Å². The van der Waals surface area contributed by atoms with E-state index in [0.29, 0.717) is 44.5 Å². The van der Waals surface area contributed by atoms with E-state index in [1.54, 1.807) is 0 Å². The summed E-state index contributed by atoms with van der Waals surface area (Å²) in [6.45, 7) is 3.05. The van der Waals surface area contributed by atoms with Crippen LogP contribution in [0.3, 0.4) is 0 Å². The molecule has 1 aromatic heterocycles. The van der Waals surface area contributed by atoms with Gasteiger partial charge in [-0.3, -0.25) is 23.9 Å². The number of para-hydroxylation sites is 1. The number of amides is 2. The van der Waals surface area contributed by atoms with Crippen molar-refractivity contribution in [3.63, 3.8) is 0 Å². The molecule has 164 valence electrons. The minimum Gasteiger partial charge on any atom is -0.487 e. The first kappa shape index (κ1) is 20.9. The van der Waals surface area contributed by atoms with Crippen molar-refractivity contribution in [1.29, 1.82) is 0 Å². The summed E-state index contributed by atoms with van der Waals surface area (Å²) in [4.78, 5) is 52.3. The molecule has 0 saturated carbocycles. The molecule has 0 radical (unpaired) electrons. The lowest BCUT2D eigenvalue weighted by atomic mass is 9.82. The van der Waals surface area contributed by atoms with Crippen molar-refractivity contribution in [2.45, 2.75) is 50.8 Å². The van der Waals surface area contributed by atoms with E-state index in [2.05, 4.69) is 10.3 Å². The van der Waals surface area contributed by atoms with Crippen LogP contribution in [-0.4, -0.2) is 45.0 Å². The van der Waals surface area contributed by atoms with Gasteiger partial charge in [0.1, 0.15) is 17.9 Å². The minimum atomic E-state index is -0.631. The summed E-state index contributed by atoms with van der Waals surface area (Å²) in [7, 11) is 0. The van der Waals surface area contributed by atoms with Crippen molar-refractivity contribution < 1.29 is 14.3 Å². The molecule has 0 aliphatic carbocycles. The lowest BCUT2D eigenvalue weighted by Gasteiger charge is -2.42. The van der Waals surface area contributed by atoms with E-state index in [9.17, 15) is 19.2 Å². The summed E-state index contributed by atoms with van der Waals surface area (Å²) in [6, 6.07) is 8.47. The Hall–Kier alpha value is -3.36. The predicted octanol–water partition coefficient (Wildman–Crippen LogP) is 0.948. The van der Waals surface area contributed by atoms with Crippen molar-refractivity contribution in [1.82, 2.24) is 19.8 Å². The summed E-state index contributed by atoms with van der Waals surface area (Å²) in [5, 5.41) is 3.02. The van der Waals surface area contributed by atoms with Gasteiger partial charge in [0.15, 0.2) is 0 Å². The summed E-state index contributed by atoms with van der Waals surface area (Å²) in [6.07, 6.45) is 3.52. The molecule has 2 aliphatic rings. The van der Waals surface area contributed by atoms with E-state index < -0.39 is 16.9 Å². The topological polar surface area (TPSA) is 113 Å². The monoisotopic (exact) mass is 426 g/mol. The van der Waals surface area contributed by atoms with Crippen molar-refractivity contribution in [2.75, 3.05) is 13.1 Å². The molecule has 1 fully saturated rings. The van der Waals surface area contributed by atoms with E-state index in [-0.39, 0.29) is 24.4 Å². The fourth-order valence-electron chi connectivity index (χ4n) is 4.43. The maximum absolute atomic E-state index is 12.8. The van der Waals surface area contributed by atoms with Gasteiger partial charge in [0.2, 0.25) is 11.8 Å². The first-order chi connectivity index (χ1) is 14.9. The van der Waals surface area contributed by atoms with Crippen LogP contribution in [0.1, 0.15) is 44.2 Å². The van der Waals surface area contributed by atoms with Crippen LogP contribution in [0.15, 0.2) is 46.1 Å². The second-order valence-corrected chi connectivity index (χ2v) is 8.11. The van der Waals surface area contributed by atoms with Crippen LogP contribution in [0.2, 0.25) is 0 Å². The molecule has 2 unspecified atom stereocenters. The van der Waals surface area contributed by atoms with Gasteiger partial charge in [0, 0.05) is 50.2 Å². The zero-order valence-electron chi connectivity index (χ0n) is 17.4. The third-order valence-electron chi connectivity index (χ3n) is 6.11. The third kappa shape index (κ3) is 4.40. The zero-order chi connectivity index (χ0) is 22.0. The number of likely N-dealkylation sites (tertiary alicyclic amines) is 1. The fourth-order valence-corrected chi connectivity index (χ4v) is 4.43. The molecule has 2 aliphatic heterocycles. The summed E-state index contributed by atoms with van der Waals surface area (Å²) in [5.41, 5.74) is -0.807. The number of aromatic amines is 1. The number of nitrogens with one attached hydrogen (secondary N) is 2. The van der Waals surface area contributed by atoms with Gasteiger partial charge in [-0.1, -0.05) is 18.2 Å². The highest BCUT2D eigenvalue weighted by Gasteiger charge is 2.43. The van der Waals surface area contributed by atoms with Crippen LogP contribution in [0.25, 0.3) is 0 Å². The largest absolute Gasteiger partial charge is 0.487 e. The summed E-state index contributed by atoms with van der Waals surface area (Å²) < 4.78 is 7.57. The number of benzene rings is 1. The van der Waals surface area contributed by atoms with Crippen molar-refractivity contribution in [2.24, 2.45) is 0 Å². The number of rotatable bonds is 4. The molecule has 2 atom stereocenters. The smallest absolute Gasteiger partial charge is 0.328 e. The lowest BCUT2D eigenvalue weighted by molar-refractivity contribution is -0.130. The maximum Gasteiger partial charge on any atom is 0.328 e. The Kier molecular flexibility index (Phi) is 5.67. The second-order valence-electron chi connectivity index (χ2n) is 8.11. The Bertz CT molecular complexity index is 1110. The molecular weight excluding hydrogens is 400 g/mol. The third-order valence-corrected chi connectivity index (χ3v) is 6.11. The highest BCUT2D eigenvalue weighted by molar-refractivity contribution is 5.77. The number of carbonyl (C=O) groups is 2. The Morgan fingerprint density at radius 2 is 2.03 bits per heavy atom. The van der Waals surface area contributed by atoms with E-state index in [1.165, 1.54) is 12.3 Å². The molecule has 9 heteroatoms. The molecule has 2 aromatic rings. The molecule has 3 heterocycles. The van der Waals surface area contributed by atoms with Gasteiger partial charge in [-0.15, -0.1) is 0 Å².